The Balaban J connectivity index is 1.97. The number of thioether (sulfide) groups is 1. The first kappa shape index (κ1) is 14.6. The van der Waals surface area contributed by atoms with Gasteiger partial charge in [-0.25, -0.2) is 0 Å². The number of ether oxygens (including phenoxy) is 1. The molecule has 6 heteroatoms. The Morgan fingerprint density at radius 2 is 2.44 bits per heavy atom. The van der Waals surface area contributed by atoms with Gasteiger partial charge in [-0.15, -0.1) is 0 Å². The Hall–Kier alpha value is 0.210. The van der Waals surface area contributed by atoms with Gasteiger partial charge in [0.05, 0.1) is 11.7 Å². The molecule has 2 rings (SSSR count). The maximum absolute atomic E-state index is 5.08. The van der Waals surface area contributed by atoms with Crippen molar-refractivity contribution in [2.75, 3.05) is 24.8 Å². The van der Waals surface area contributed by atoms with Crippen molar-refractivity contribution in [1.82, 2.24) is 0 Å². The maximum atomic E-state index is 5.08. The maximum Gasteiger partial charge on any atom is 0.161 e. The molecular formula is C12H14BrIN2OS. The second-order valence-corrected chi connectivity index (χ2v) is 7.04. The number of hydrogen-bond acceptors (Lipinski definition) is 4. The first-order valence-electron chi connectivity index (χ1n) is 5.60. The summed E-state index contributed by atoms with van der Waals surface area (Å²) in [5, 5.41) is 4.36. The second kappa shape index (κ2) is 7.12. The predicted octanol–water partition coefficient (Wildman–Crippen LogP) is 3.97. The van der Waals surface area contributed by atoms with Crippen LogP contribution in [0.5, 0.6) is 0 Å². The molecule has 1 aromatic carbocycles. The van der Waals surface area contributed by atoms with Crippen LogP contribution in [-0.4, -0.2) is 30.7 Å². The molecule has 1 aliphatic rings. The first-order valence-corrected chi connectivity index (χ1v) is 8.46. The molecule has 0 aliphatic carbocycles. The van der Waals surface area contributed by atoms with Crippen LogP contribution in [0.4, 0.5) is 5.69 Å². The van der Waals surface area contributed by atoms with Gasteiger partial charge in [-0.2, -0.15) is 0 Å². The van der Waals surface area contributed by atoms with E-state index in [-0.39, 0.29) is 0 Å². The number of halogens is 2. The standard InChI is InChI=1S/C12H14BrIN2OS/c1-17-5-4-9-7-18-12(15-9)16-11-3-2-8(14)6-10(11)13/h2-3,6,9H,4-5,7H2,1H3,(H,15,16). The van der Waals surface area contributed by atoms with Gasteiger partial charge in [-0.05, 0) is 63.1 Å². The summed E-state index contributed by atoms with van der Waals surface area (Å²) in [7, 11) is 1.73. The molecule has 0 bridgehead atoms. The fraction of sp³-hybridized carbons (Fsp3) is 0.417. The fourth-order valence-corrected chi connectivity index (χ4v) is 3.99. The summed E-state index contributed by atoms with van der Waals surface area (Å²) >= 11 is 7.63. The molecule has 1 atom stereocenters. The van der Waals surface area contributed by atoms with Gasteiger partial charge in [-0.1, -0.05) is 11.8 Å². The van der Waals surface area contributed by atoms with Gasteiger partial charge in [0.25, 0.3) is 0 Å². The van der Waals surface area contributed by atoms with E-state index in [4.69, 9.17) is 4.74 Å². The Bertz CT molecular complexity index is 456. The highest BCUT2D eigenvalue weighted by Crippen LogP contribution is 2.28. The van der Waals surface area contributed by atoms with E-state index in [1.807, 2.05) is 0 Å². The highest BCUT2D eigenvalue weighted by atomic mass is 127. The topological polar surface area (TPSA) is 33.6 Å². The molecule has 3 nitrogen and oxygen atoms in total. The minimum atomic E-state index is 0.375. The first-order chi connectivity index (χ1) is 8.69. The van der Waals surface area contributed by atoms with Crippen molar-refractivity contribution in [1.29, 1.82) is 0 Å². The lowest BCUT2D eigenvalue weighted by Gasteiger charge is -2.07. The number of amidine groups is 1. The number of anilines is 1. The van der Waals surface area contributed by atoms with Gasteiger partial charge in [0.2, 0.25) is 0 Å². The number of hydrogen-bond donors (Lipinski definition) is 1. The number of nitrogens with zero attached hydrogens (tertiary/aromatic N) is 1. The normalized spacial score (nSPS) is 18.8. The van der Waals surface area contributed by atoms with E-state index >= 15 is 0 Å². The number of nitrogens with one attached hydrogen (secondary N) is 1. The zero-order valence-corrected chi connectivity index (χ0v) is 14.5. The molecule has 1 aromatic rings. The van der Waals surface area contributed by atoms with Gasteiger partial charge >= 0.3 is 0 Å². The smallest absolute Gasteiger partial charge is 0.161 e. The lowest BCUT2D eigenvalue weighted by Crippen LogP contribution is -2.08. The minimum Gasteiger partial charge on any atom is -0.385 e. The van der Waals surface area contributed by atoms with Crippen molar-refractivity contribution in [3.63, 3.8) is 0 Å². The van der Waals surface area contributed by atoms with Crippen molar-refractivity contribution >= 4 is 61.1 Å². The summed E-state index contributed by atoms with van der Waals surface area (Å²) in [6.07, 6.45) is 0.989. The van der Waals surface area contributed by atoms with E-state index in [1.54, 1.807) is 18.9 Å². The van der Waals surface area contributed by atoms with Gasteiger partial charge in [-0.3, -0.25) is 4.99 Å². The van der Waals surface area contributed by atoms with Crippen LogP contribution in [0.15, 0.2) is 27.7 Å². The Morgan fingerprint density at radius 3 is 3.17 bits per heavy atom. The molecule has 0 radical (unpaired) electrons. The molecule has 0 saturated carbocycles. The Morgan fingerprint density at radius 1 is 1.61 bits per heavy atom. The van der Waals surface area contributed by atoms with E-state index in [0.717, 1.165) is 34.1 Å². The van der Waals surface area contributed by atoms with Crippen molar-refractivity contribution < 1.29 is 4.74 Å². The average molecular weight is 441 g/mol. The molecule has 18 heavy (non-hydrogen) atoms. The van der Waals surface area contributed by atoms with Crippen LogP contribution >= 0.6 is 50.3 Å². The summed E-state index contributed by atoms with van der Waals surface area (Å²) in [5.41, 5.74) is 1.06. The highest BCUT2D eigenvalue weighted by Gasteiger charge is 2.18. The van der Waals surface area contributed by atoms with Crippen molar-refractivity contribution in [2.24, 2.45) is 4.99 Å². The lowest BCUT2D eigenvalue weighted by atomic mass is 10.2. The van der Waals surface area contributed by atoms with Gasteiger partial charge in [0, 0.05) is 27.5 Å². The van der Waals surface area contributed by atoms with E-state index in [9.17, 15) is 0 Å². The third-order valence-electron chi connectivity index (χ3n) is 2.54. The fourth-order valence-electron chi connectivity index (χ4n) is 1.59. The molecule has 0 spiro atoms. The van der Waals surface area contributed by atoms with E-state index in [2.05, 4.69) is 67.0 Å². The van der Waals surface area contributed by atoms with Crippen molar-refractivity contribution in [3.8, 4) is 0 Å². The summed E-state index contributed by atoms with van der Waals surface area (Å²) < 4.78 is 7.36. The highest BCUT2D eigenvalue weighted by molar-refractivity contribution is 14.1. The van der Waals surface area contributed by atoms with Crippen LogP contribution in [0.1, 0.15) is 6.42 Å². The molecule has 1 unspecified atom stereocenters. The van der Waals surface area contributed by atoms with E-state index in [0.29, 0.717) is 6.04 Å². The Kier molecular flexibility index (Phi) is 5.78. The zero-order valence-electron chi connectivity index (χ0n) is 9.95. The lowest BCUT2D eigenvalue weighted by molar-refractivity contribution is 0.190. The van der Waals surface area contributed by atoms with Gasteiger partial charge < -0.3 is 10.1 Å². The quantitative estimate of drug-likeness (QED) is 0.719. The van der Waals surface area contributed by atoms with Crippen molar-refractivity contribution in [2.45, 2.75) is 12.5 Å². The molecule has 0 amide bonds. The molecule has 98 valence electrons. The van der Waals surface area contributed by atoms with Crippen LogP contribution in [0.25, 0.3) is 0 Å². The molecule has 0 aromatic heterocycles. The Labute approximate surface area is 133 Å². The average Bonchev–Trinajstić information content (AvgIpc) is 2.78. The molecular weight excluding hydrogens is 427 g/mol. The van der Waals surface area contributed by atoms with Crippen LogP contribution in [0.3, 0.4) is 0 Å². The molecule has 0 fully saturated rings. The number of aliphatic imine (C=N–C) groups is 1. The zero-order chi connectivity index (χ0) is 13.0. The third kappa shape index (κ3) is 4.11. The van der Waals surface area contributed by atoms with Crippen LogP contribution < -0.4 is 5.32 Å². The molecule has 1 aliphatic heterocycles. The third-order valence-corrected chi connectivity index (χ3v) is 4.90. The summed E-state index contributed by atoms with van der Waals surface area (Å²) in [4.78, 5) is 4.65. The second-order valence-electron chi connectivity index (χ2n) is 3.93. The van der Waals surface area contributed by atoms with Gasteiger partial charge in [0.1, 0.15) is 0 Å². The van der Waals surface area contributed by atoms with E-state index < -0.39 is 0 Å². The van der Waals surface area contributed by atoms with Crippen LogP contribution in [0, 0.1) is 3.57 Å². The number of rotatable bonds is 4. The summed E-state index contributed by atoms with van der Waals surface area (Å²) in [6.45, 7) is 0.773. The van der Waals surface area contributed by atoms with Crippen LogP contribution in [-0.2, 0) is 4.74 Å². The molecule has 0 saturated heterocycles. The molecule has 1 heterocycles. The number of methoxy groups -OCH3 is 1. The largest absolute Gasteiger partial charge is 0.385 e. The predicted molar refractivity (Wildman–Crippen MR) is 90.7 cm³/mol. The summed E-state index contributed by atoms with van der Waals surface area (Å²) in [6, 6.07) is 6.61. The SMILES string of the molecule is COCCC1CSC(Nc2ccc(I)cc2Br)=N1. The minimum absolute atomic E-state index is 0.375. The molecule has 1 N–H and O–H groups in total. The van der Waals surface area contributed by atoms with Crippen molar-refractivity contribution in [3.05, 3.63) is 26.2 Å². The monoisotopic (exact) mass is 440 g/mol. The van der Waals surface area contributed by atoms with E-state index in [1.165, 1.54) is 3.57 Å². The van der Waals surface area contributed by atoms with Crippen LogP contribution in [0.2, 0.25) is 0 Å². The summed E-state index contributed by atoms with van der Waals surface area (Å²) in [5.74, 6) is 1.04. The van der Waals surface area contributed by atoms with Gasteiger partial charge in [0.15, 0.2) is 5.17 Å². The number of benzene rings is 1.